The first-order chi connectivity index (χ1) is 13.7. The minimum Gasteiger partial charge on any atom is -0.472 e. The number of furan rings is 1. The van der Waals surface area contributed by atoms with E-state index in [0.717, 1.165) is 6.42 Å². The molecule has 1 heterocycles. The van der Waals surface area contributed by atoms with Crippen molar-refractivity contribution in [2.24, 2.45) is 0 Å². The highest BCUT2D eigenvalue weighted by Crippen LogP contribution is 2.27. The second kappa shape index (κ2) is 10.1. The van der Waals surface area contributed by atoms with Crippen LogP contribution >= 0.6 is 0 Å². The largest absolute Gasteiger partial charge is 0.472 e. The fourth-order valence-corrected chi connectivity index (χ4v) is 3.13. The SMILES string of the molecule is O=C(CCNC(=O)c1ccoc1)NCCC(c1ccccc1)c1ccccc1. The Kier molecular flexibility index (Phi) is 7.01. The molecule has 0 saturated carbocycles. The maximum Gasteiger partial charge on any atom is 0.254 e. The number of nitrogens with one attached hydrogen (secondary N) is 2. The number of benzene rings is 2. The van der Waals surface area contributed by atoms with E-state index in [0.29, 0.717) is 12.1 Å². The minimum absolute atomic E-state index is 0.0765. The average molecular weight is 376 g/mol. The van der Waals surface area contributed by atoms with Crippen LogP contribution in [0.3, 0.4) is 0 Å². The molecular formula is C23H24N2O3. The zero-order valence-corrected chi connectivity index (χ0v) is 15.6. The van der Waals surface area contributed by atoms with Crippen LogP contribution in [0.15, 0.2) is 83.7 Å². The summed E-state index contributed by atoms with van der Waals surface area (Å²) in [7, 11) is 0. The zero-order valence-electron chi connectivity index (χ0n) is 15.6. The number of rotatable bonds is 9. The van der Waals surface area contributed by atoms with Gasteiger partial charge >= 0.3 is 0 Å². The van der Waals surface area contributed by atoms with E-state index in [4.69, 9.17) is 4.42 Å². The highest BCUT2D eigenvalue weighted by atomic mass is 16.3. The van der Waals surface area contributed by atoms with Gasteiger partial charge in [0.15, 0.2) is 0 Å². The van der Waals surface area contributed by atoms with E-state index in [9.17, 15) is 9.59 Å². The summed E-state index contributed by atoms with van der Waals surface area (Å²) >= 11 is 0. The van der Waals surface area contributed by atoms with Crippen LogP contribution in [0.2, 0.25) is 0 Å². The lowest BCUT2D eigenvalue weighted by Crippen LogP contribution is -2.31. The van der Waals surface area contributed by atoms with E-state index in [2.05, 4.69) is 34.9 Å². The second-order valence-corrected chi connectivity index (χ2v) is 6.53. The molecule has 5 nitrogen and oxygen atoms in total. The molecule has 5 heteroatoms. The average Bonchev–Trinajstić information content (AvgIpc) is 3.27. The second-order valence-electron chi connectivity index (χ2n) is 6.53. The fraction of sp³-hybridized carbons (Fsp3) is 0.217. The first-order valence-electron chi connectivity index (χ1n) is 9.41. The molecule has 3 rings (SSSR count). The monoisotopic (exact) mass is 376 g/mol. The molecule has 2 amide bonds. The number of carbonyl (C=O) groups is 2. The first-order valence-corrected chi connectivity index (χ1v) is 9.41. The van der Waals surface area contributed by atoms with E-state index >= 15 is 0 Å². The van der Waals surface area contributed by atoms with Crippen molar-refractivity contribution in [2.75, 3.05) is 13.1 Å². The van der Waals surface area contributed by atoms with Crippen LogP contribution in [0.4, 0.5) is 0 Å². The molecule has 0 saturated heterocycles. The van der Waals surface area contributed by atoms with E-state index in [1.165, 1.54) is 23.7 Å². The third-order valence-corrected chi connectivity index (χ3v) is 4.58. The number of hydrogen-bond acceptors (Lipinski definition) is 3. The third kappa shape index (κ3) is 5.58. The lowest BCUT2D eigenvalue weighted by atomic mass is 9.88. The summed E-state index contributed by atoms with van der Waals surface area (Å²) in [5.74, 6) is -0.0920. The van der Waals surface area contributed by atoms with Crippen molar-refractivity contribution >= 4 is 11.8 Å². The Labute approximate surface area is 164 Å². The van der Waals surface area contributed by atoms with Gasteiger partial charge < -0.3 is 15.1 Å². The molecule has 0 aliphatic rings. The maximum atomic E-state index is 12.1. The summed E-state index contributed by atoms with van der Waals surface area (Å²) in [5.41, 5.74) is 2.92. The summed E-state index contributed by atoms with van der Waals surface area (Å²) in [6.45, 7) is 0.861. The lowest BCUT2D eigenvalue weighted by Gasteiger charge is -2.18. The van der Waals surface area contributed by atoms with Crippen molar-refractivity contribution in [1.29, 1.82) is 0 Å². The molecule has 2 N–H and O–H groups in total. The first kappa shape index (κ1) is 19.4. The van der Waals surface area contributed by atoms with Gasteiger partial charge in [-0.1, -0.05) is 60.7 Å². The molecule has 2 aromatic carbocycles. The van der Waals surface area contributed by atoms with Crippen LogP contribution in [0.1, 0.15) is 40.2 Å². The van der Waals surface area contributed by atoms with Crippen LogP contribution in [-0.2, 0) is 4.79 Å². The highest BCUT2D eigenvalue weighted by Gasteiger charge is 2.14. The van der Waals surface area contributed by atoms with Crippen LogP contribution in [0.25, 0.3) is 0 Å². The Morgan fingerprint density at radius 2 is 1.46 bits per heavy atom. The Bertz CT molecular complexity index is 822. The Morgan fingerprint density at radius 1 is 0.821 bits per heavy atom. The molecule has 0 aliphatic heterocycles. The maximum absolute atomic E-state index is 12.1. The van der Waals surface area contributed by atoms with Gasteiger partial charge in [0.05, 0.1) is 11.8 Å². The molecule has 144 valence electrons. The standard InChI is InChI=1S/C23H24N2O3/c26-22(12-15-25-23(27)20-13-16-28-17-20)24-14-11-21(18-7-3-1-4-8-18)19-9-5-2-6-10-19/h1-10,13,16-17,21H,11-12,14-15H2,(H,24,26)(H,25,27). The van der Waals surface area contributed by atoms with Gasteiger partial charge in [-0.3, -0.25) is 9.59 Å². The lowest BCUT2D eigenvalue weighted by molar-refractivity contribution is -0.120. The van der Waals surface area contributed by atoms with E-state index < -0.39 is 0 Å². The predicted molar refractivity (Wildman–Crippen MR) is 108 cm³/mol. The highest BCUT2D eigenvalue weighted by molar-refractivity contribution is 5.94. The number of hydrogen-bond donors (Lipinski definition) is 2. The van der Waals surface area contributed by atoms with Gasteiger partial charge in [-0.2, -0.15) is 0 Å². The molecule has 0 aliphatic carbocycles. The Balaban J connectivity index is 1.46. The van der Waals surface area contributed by atoms with Gasteiger partial charge in [0, 0.05) is 25.4 Å². The summed E-state index contributed by atoms with van der Waals surface area (Å²) in [6.07, 6.45) is 3.87. The van der Waals surface area contributed by atoms with Crippen molar-refractivity contribution in [3.05, 3.63) is 95.9 Å². The molecule has 1 aromatic heterocycles. The van der Waals surface area contributed by atoms with Crippen LogP contribution in [0, 0.1) is 0 Å². The van der Waals surface area contributed by atoms with E-state index in [-0.39, 0.29) is 30.7 Å². The minimum atomic E-state index is -0.241. The molecule has 0 radical (unpaired) electrons. The van der Waals surface area contributed by atoms with E-state index in [1.807, 2.05) is 36.4 Å². The summed E-state index contributed by atoms with van der Waals surface area (Å²) in [5, 5.41) is 5.66. The zero-order chi connectivity index (χ0) is 19.6. The van der Waals surface area contributed by atoms with Crippen molar-refractivity contribution in [2.45, 2.75) is 18.8 Å². The van der Waals surface area contributed by atoms with Crippen molar-refractivity contribution in [1.82, 2.24) is 10.6 Å². The van der Waals surface area contributed by atoms with Gasteiger partial charge in [-0.15, -0.1) is 0 Å². The molecular weight excluding hydrogens is 352 g/mol. The molecule has 0 unspecified atom stereocenters. The van der Waals surface area contributed by atoms with Gasteiger partial charge in [0.2, 0.25) is 5.91 Å². The van der Waals surface area contributed by atoms with Crippen molar-refractivity contribution < 1.29 is 14.0 Å². The Morgan fingerprint density at radius 3 is 2.04 bits per heavy atom. The quantitative estimate of drug-likeness (QED) is 0.598. The van der Waals surface area contributed by atoms with Crippen LogP contribution in [-0.4, -0.2) is 24.9 Å². The molecule has 0 fully saturated rings. The van der Waals surface area contributed by atoms with Crippen molar-refractivity contribution in [3.8, 4) is 0 Å². The van der Waals surface area contributed by atoms with Crippen LogP contribution < -0.4 is 10.6 Å². The predicted octanol–water partition coefficient (Wildman–Crippen LogP) is 3.74. The summed E-state index contributed by atoms with van der Waals surface area (Å²) in [6, 6.07) is 22.2. The molecule has 0 spiro atoms. The van der Waals surface area contributed by atoms with Gasteiger partial charge in [-0.05, 0) is 23.6 Å². The smallest absolute Gasteiger partial charge is 0.254 e. The van der Waals surface area contributed by atoms with E-state index in [1.54, 1.807) is 6.07 Å². The van der Waals surface area contributed by atoms with Gasteiger partial charge in [0.25, 0.3) is 5.91 Å². The number of amides is 2. The van der Waals surface area contributed by atoms with Crippen LogP contribution in [0.5, 0.6) is 0 Å². The fourth-order valence-electron chi connectivity index (χ4n) is 3.13. The van der Waals surface area contributed by atoms with Gasteiger partial charge in [-0.25, -0.2) is 0 Å². The molecule has 28 heavy (non-hydrogen) atoms. The topological polar surface area (TPSA) is 71.3 Å². The van der Waals surface area contributed by atoms with Gasteiger partial charge in [0.1, 0.15) is 6.26 Å². The molecule has 3 aromatic rings. The molecule has 0 atom stereocenters. The summed E-state index contributed by atoms with van der Waals surface area (Å²) in [4.78, 5) is 23.9. The Hall–Kier alpha value is -3.34. The number of carbonyl (C=O) groups excluding carboxylic acids is 2. The third-order valence-electron chi connectivity index (χ3n) is 4.58. The van der Waals surface area contributed by atoms with Crippen molar-refractivity contribution in [3.63, 3.8) is 0 Å². The molecule has 0 bridgehead atoms. The normalized spacial score (nSPS) is 10.6. The summed E-state index contributed by atoms with van der Waals surface area (Å²) < 4.78 is 4.87.